The van der Waals surface area contributed by atoms with E-state index in [-0.39, 0.29) is 35.0 Å². The number of benzene rings is 2. The van der Waals surface area contributed by atoms with Gasteiger partial charge in [0, 0.05) is 11.0 Å². The first-order valence-corrected chi connectivity index (χ1v) is 14.2. The Morgan fingerprint density at radius 3 is 2.38 bits per heavy atom. The van der Waals surface area contributed by atoms with Gasteiger partial charge in [-0.2, -0.15) is 0 Å². The summed E-state index contributed by atoms with van der Waals surface area (Å²) in [6.45, 7) is -0.760. The van der Waals surface area contributed by atoms with Crippen LogP contribution in [0.5, 0.6) is 5.75 Å². The van der Waals surface area contributed by atoms with Crippen LogP contribution in [0.4, 0.5) is 0 Å². The van der Waals surface area contributed by atoms with Gasteiger partial charge in [-0.05, 0) is 41.7 Å². The number of fused-ring (bicyclic) bond motifs is 2. The molecule has 1 saturated heterocycles. The van der Waals surface area contributed by atoms with Crippen LogP contribution in [0, 0.1) is 11.8 Å². The van der Waals surface area contributed by atoms with Crippen molar-refractivity contribution < 1.29 is 49.7 Å². The average molecular weight is 579 g/mol. The Bertz CT molecular complexity index is 1450. The van der Waals surface area contributed by atoms with Gasteiger partial charge >= 0.3 is 0 Å². The number of ketones is 2. The molecule has 10 heteroatoms. The lowest BCUT2D eigenvalue weighted by atomic mass is 9.64. The minimum atomic E-state index is -1.71. The number of allylic oxidation sites excluding steroid dienone is 4. The van der Waals surface area contributed by atoms with Gasteiger partial charge in [0.1, 0.15) is 35.9 Å². The highest BCUT2D eigenvalue weighted by atomic mass is 16.7. The van der Waals surface area contributed by atoms with Gasteiger partial charge in [-0.3, -0.25) is 9.59 Å². The molecule has 2 aromatic rings. The lowest BCUT2D eigenvalue weighted by Gasteiger charge is -2.40. The average Bonchev–Trinajstić information content (AvgIpc) is 3.51. The maximum atomic E-state index is 13.9. The minimum Gasteiger partial charge on any atom is -0.511 e. The van der Waals surface area contributed by atoms with E-state index >= 15 is 0 Å². The Balaban J connectivity index is 1.37. The Hall–Kier alpha value is -3.38. The standard InChI is InChI=1S/C32H34O10/c33-14-16-5-3-6-17(11-16)32(9-1-2-10-32)18-12-20-24(21(35)13-18)28(38)25-19(26(20)36)7-4-8-22(25)41-31-30(40)29(39)27(37)23(15-34)42-31/h3-8,11-13,20,23-24,27,29-31,33-35,37,39-40H,1-2,9-10,14-15H2/t20-,23-,24+,27-,29+,30-,31+/m1/s1. The summed E-state index contributed by atoms with van der Waals surface area (Å²) in [6.07, 6.45) is -0.844. The zero-order valence-electron chi connectivity index (χ0n) is 22.8. The monoisotopic (exact) mass is 578 g/mol. The van der Waals surface area contributed by atoms with Gasteiger partial charge in [-0.15, -0.1) is 0 Å². The first kappa shape index (κ1) is 28.7. The number of aliphatic hydroxyl groups excluding tert-OH is 6. The Kier molecular flexibility index (Phi) is 7.55. The summed E-state index contributed by atoms with van der Waals surface area (Å²) in [7, 11) is 0. The molecule has 222 valence electrons. The van der Waals surface area contributed by atoms with Crippen molar-refractivity contribution in [3.63, 3.8) is 0 Å². The van der Waals surface area contributed by atoms with E-state index in [2.05, 4.69) is 0 Å². The molecular weight excluding hydrogens is 544 g/mol. The van der Waals surface area contributed by atoms with Crippen LogP contribution in [0.1, 0.15) is 57.5 Å². The second-order valence-corrected chi connectivity index (χ2v) is 11.6. The fourth-order valence-corrected chi connectivity index (χ4v) is 7.00. The van der Waals surface area contributed by atoms with Crippen molar-refractivity contribution in [2.45, 2.75) is 68.4 Å². The van der Waals surface area contributed by atoms with Gasteiger partial charge in [0.25, 0.3) is 0 Å². The maximum absolute atomic E-state index is 13.9. The molecule has 1 aliphatic heterocycles. The molecule has 0 spiro atoms. The number of Topliss-reactive ketones (excluding diaryl/α,β-unsaturated/α-hetero) is 2. The molecule has 7 atom stereocenters. The van der Waals surface area contributed by atoms with Crippen LogP contribution < -0.4 is 4.74 Å². The van der Waals surface area contributed by atoms with Crippen molar-refractivity contribution in [2.75, 3.05) is 6.61 Å². The van der Waals surface area contributed by atoms with E-state index in [0.29, 0.717) is 0 Å². The summed E-state index contributed by atoms with van der Waals surface area (Å²) in [5.74, 6) is -3.34. The molecule has 4 aliphatic rings. The van der Waals surface area contributed by atoms with Crippen LogP contribution in [0.15, 0.2) is 65.9 Å². The van der Waals surface area contributed by atoms with Crippen molar-refractivity contribution in [2.24, 2.45) is 11.8 Å². The number of hydrogen-bond donors (Lipinski definition) is 6. The van der Waals surface area contributed by atoms with Gasteiger partial charge in [-0.1, -0.05) is 55.3 Å². The summed E-state index contributed by atoms with van der Waals surface area (Å²) in [5, 5.41) is 61.3. The smallest absolute Gasteiger partial charge is 0.229 e. The quantitative estimate of drug-likeness (QED) is 0.297. The number of carbonyl (C=O) groups excluding carboxylic acids is 2. The third-order valence-corrected chi connectivity index (χ3v) is 9.23. The Labute approximate surface area is 242 Å². The first-order valence-electron chi connectivity index (χ1n) is 14.2. The minimum absolute atomic E-state index is 0.0799. The van der Waals surface area contributed by atoms with E-state index in [1.54, 1.807) is 12.2 Å². The Morgan fingerprint density at radius 2 is 1.67 bits per heavy atom. The van der Waals surface area contributed by atoms with E-state index in [0.717, 1.165) is 42.4 Å². The van der Waals surface area contributed by atoms with E-state index in [1.807, 2.05) is 24.3 Å². The molecule has 0 unspecified atom stereocenters. The maximum Gasteiger partial charge on any atom is 0.229 e. The molecule has 2 fully saturated rings. The highest BCUT2D eigenvalue weighted by molar-refractivity contribution is 6.19. The number of hydrogen-bond acceptors (Lipinski definition) is 10. The van der Waals surface area contributed by atoms with E-state index < -0.39 is 60.3 Å². The predicted octanol–water partition coefficient (Wildman–Crippen LogP) is 1.86. The lowest BCUT2D eigenvalue weighted by Crippen LogP contribution is -2.60. The van der Waals surface area contributed by atoms with E-state index in [4.69, 9.17) is 9.47 Å². The molecule has 0 aromatic heterocycles. The van der Waals surface area contributed by atoms with Gasteiger partial charge < -0.3 is 40.1 Å². The van der Waals surface area contributed by atoms with Crippen molar-refractivity contribution in [1.82, 2.24) is 0 Å². The van der Waals surface area contributed by atoms with E-state index in [9.17, 15) is 40.2 Å². The van der Waals surface area contributed by atoms with Crippen molar-refractivity contribution in [1.29, 1.82) is 0 Å². The zero-order valence-corrected chi connectivity index (χ0v) is 22.8. The molecule has 1 saturated carbocycles. The predicted molar refractivity (Wildman–Crippen MR) is 148 cm³/mol. The van der Waals surface area contributed by atoms with Gasteiger partial charge in [0.2, 0.25) is 6.29 Å². The van der Waals surface area contributed by atoms with E-state index in [1.165, 1.54) is 18.2 Å². The summed E-state index contributed by atoms with van der Waals surface area (Å²) < 4.78 is 11.2. The van der Waals surface area contributed by atoms with Crippen molar-refractivity contribution >= 4 is 11.6 Å². The Morgan fingerprint density at radius 1 is 0.929 bits per heavy atom. The third kappa shape index (κ3) is 4.50. The van der Waals surface area contributed by atoms with Crippen LogP contribution in [-0.2, 0) is 16.8 Å². The normalized spacial score (nSPS) is 32.1. The largest absolute Gasteiger partial charge is 0.511 e. The zero-order chi connectivity index (χ0) is 29.8. The topological polar surface area (TPSA) is 174 Å². The molecule has 1 heterocycles. The molecule has 6 rings (SSSR count). The van der Waals surface area contributed by atoms with Crippen molar-refractivity contribution in [3.8, 4) is 5.75 Å². The number of rotatable bonds is 6. The molecule has 0 bridgehead atoms. The number of carbonyl (C=O) groups is 2. The fraction of sp³-hybridized carbons (Fsp3) is 0.438. The summed E-state index contributed by atoms with van der Waals surface area (Å²) in [4.78, 5) is 27.9. The summed E-state index contributed by atoms with van der Waals surface area (Å²) in [6, 6.07) is 12.1. The molecule has 0 amide bonds. The highest BCUT2D eigenvalue weighted by Crippen LogP contribution is 2.51. The van der Waals surface area contributed by atoms with Crippen LogP contribution >= 0.6 is 0 Å². The second-order valence-electron chi connectivity index (χ2n) is 11.6. The third-order valence-electron chi connectivity index (χ3n) is 9.23. The molecule has 6 N–H and O–H groups in total. The molecule has 10 nitrogen and oxygen atoms in total. The molecule has 0 radical (unpaired) electrons. The lowest BCUT2D eigenvalue weighted by molar-refractivity contribution is -0.277. The van der Waals surface area contributed by atoms with Gasteiger partial charge in [0.05, 0.1) is 30.6 Å². The molecule has 2 aromatic carbocycles. The summed E-state index contributed by atoms with van der Waals surface area (Å²) >= 11 is 0. The SMILES string of the molecule is O=C1c2c(O[C@H]3O[C@H](CO)[C@@H](O)[C@H](O)[C@H]3O)cccc2C(=O)[C@@H]2C=C(C3(c4cccc(CO)c4)CCCC3)C=C(O)[C@@H]12. The fourth-order valence-electron chi connectivity index (χ4n) is 7.00. The highest BCUT2D eigenvalue weighted by Gasteiger charge is 2.50. The van der Waals surface area contributed by atoms with Crippen molar-refractivity contribution in [3.05, 3.63) is 88.2 Å². The summed E-state index contributed by atoms with van der Waals surface area (Å²) in [5.41, 5.74) is 2.07. The van der Waals surface area contributed by atoms with Crippen LogP contribution in [0.3, 0.4) is 0 Å². The van der Waals surface area contributed by atoms with Crippen LogP contribution in [0.25, 0.3) is 0 Å². The molecule has 42 heavy (non-hydrogen) atoms. The molecular formula is C32H34O10. The number of ether oxygens (including phenoxy) is 2. The van der Waals surface area contributed by atoms with Crippen LogP contribution in [0.2, 0.25) is 0 Å². The number of aliphatic hydroxyl groups is 6. The van der Waals surface area contributed by atoms with Gasteiger partial charge in [-0.25, -0.2) is 0 Å². The van der Waals surface area contributed by atoms with Crippen LogP contribution in [-0.4, -0.2) is 79.5 Å². The van der Waals surface area contributed by atoms with Gasteiger partial charge in [0.15, 0.2) is 11.6 Å². The second kappa shape index (κ2) is 11.0. The first-order chi connectivity index (χ1) is 20.2. The molecule has 3 aliphatic carbocycles.